The molecule has 1 aromatic heterocycles. The van der Waals surface area contributed by atoms with Gasteiger partial charge >= 0.3 is 5.97 Å². The van der Waals surface area contributed by atoms with Crippen molar-refractivity contribution in [3.8, 4) is 5.88 Å². The van der Waals surface area contributed by atoms with Crippen molar-refractivity contribution in [3.05, 3.63) is 59.3 Å². The summed E-state index contributed by atoms with van der Waals surface area (Å²) in [4.78, 5) is 20.3. The Morgan fingerprint density at radius 1 is 1.16 bits per heavy atom. The molecule has 1 heterocycles. The number of pyridine rings is 1. The van der Waals surface area contributed by atoms with Gasteiger partial charge in [0, 0.05) is 11.6 Å². The standard InChI is InChI=1S/C17H16F2N2O4/c1-23-17(22)15(21-24-2)12-7-4-3-6-11(12)10-25-14-9-5-8-13(20-14)16(18)19/h3-9,16H,10H2,1-2H3. The molecule has 1 aromatic carbocycles. The number of halogens is 2. The second kappa shape index (κ2) is 8.72. The fourth-order valence-corrected chi connectivity index (χ4v) is 2.05. The van der Waals surface area contributed by atoms with Crippen molar-refractivity contribution in [2.75, 3.05) is 14.2 Å². The minimum atomic E-state index is -2.68. The molecule has 0 fully saturated rings. The van der Waals surface area contributed by atoms with Crippen LogP contribution in [0.3, 0.4) is 0 Å². The predicted molar refractivity (Wildman–Crippen MR) is 85.5 cm³/mol. The highest BCUT2D eigenvalue weighted by Crippen LogP contribution is 2.20. The molecule has 0 saturated heterocycles. The third-order valence-electron chi connectivity index (χ3n) is 3.18. The molecule has 2 rings (SSSR count). The first kappa shape index (κ1) is 18.3. The number of hydrogen-bond acceptors (Lipinski definition) is 6. The Hall–Kier alpha value is -3.03. The van der Waals surface area contributed by atoms with Gasteiger partial charge in [-0.2, -0.15) is 0 Å². The first-order chi connectivity index (χ1) is 12.1. The van der Waals surface area contributed by atoms with Crippen LogP contribution >= 0.6 is 0 Å². The zero-order chi connectivity index (χ0) is 18.2. The SMILES string of the molecule is CON=C(C(=O)OC)c1ccccc1COc1cccc(C(F)F)n1. The zero-order valence-electron chi connectivity index (χ0n) is 13.6. The van der Waals surface area contributed by atoms with Crippen LogP contribution in [-0.2, 0) is 21.0 Å². The number of rotatable bonds is 7. The lowest BCUT2D eigenvalue weighted by Gasteiger charge is -2.11. The monoisotopic (exact) mass is 350 g/mol. The van der Waals surface area contributed by atoms with Crippen LogP contribution in [-0.4, -0.2) is 30.9 Å². The van der Waals surface area contributed by atoms with Gasteiger partial charge in [0.1, 0.15) is 19.4 Å². The summed E-state index contributed by atoms with van der Waals surface area (Å²) in [6, 6.07) is 10.9. The highest BCUT2D eigenvalue weighted by molar-refractivity contribution is 6.43. The number of nitrogens with zero attached hydrogens (tertiary/aromatic N) is 2. The molecule has 0 radical (unpaired) electrons. The molecule has 0 spiro atoms. The zero-order valence-corrected chi connectivity index (χ0v) is 13.6. The van der Waals surface area contributed by atoms with Gasteiger partial charge in [0.15, 0.2) is 5.71 Å². The maximum absolute atomic E-state index is 12.7. The predicted octanol–water partition coefficient (Wildman–Crippen LogP) is 3.12. The Balaban J connectivity index is 2.25. The van der Waals surface area contributed by atoms with Crippen LogP contribution < -0.4 is 4.74 Å². The average Bonchev–Trinajstić information content (AvgIpc) is 2.64. The van der Waals surface area contributed by atoms with Crippen molar-refractivity contribution in [2.24, 2.45) is 5.16 Å². The molecule has 0 N–H and O–H groups in total. The number of carbonyl (C=O) groups excluding carboxylic acids is 1. The Bertz CT molecular complexity index is 766. The van der Waals surface area contributed by atoms with Crippen molar-refractivity contribution >= 4 is 11.7 Å². The lowest BCUT2D eigenvalue weighted by atomic mass is 10.0. The normalized spacial score (nSPS) is 11.3. The van der Waals surface area contributed by atoms with Gasteiger partial charge in [-0.05, 0) is 11.6 Å². The van der Waals surface area contributed by atoms with Gasteiger partial charge in [-0.3, -0.25) is 0 Å². The molecule has 0 aliphatic heterocycles. The minimum Gasteiger partial charge on any atom is -0.473 e. The van der Waals surface area contributed by atoms with E-state index >= 15 is 0 Å². The topological polar surface area (TPSA) is 70.0 Å². The first-order valence-corrected chi connectivity index (χ1v) is 7.22. The first-order valence-electron chi connectivity index (χ1n) is 7.22. The summed E-state index contributed by atoms with van der Waals surface area (Å²) >= 11 is 0. The third-order valence-corrected chi connectivity index (χ3v) is 3.18. The largest absolute Gasteiger partial charge is 0.473 e. The van der Waals surface area contributed by atoms with Crippen LogP contribution in [0.1, 0.15) is 23.2 Å². The molecule has 0 aliphatic rings. The molecule has 0 bridgehead atoms. The van der Waals surface area contributed by atoms with E-state index in [2.05, 4.69) is 10.1 Å². The summed E-state index contributed by atoms with van der Waals surface area (Å²) in [7, 11) is 2.54. The molecular formula is C17H16F2N2O4. The van der Waals surface area contributed by atoms with Crippen molar-refractivity contribution < 1.29 is 27.9 Å². The van der Waals surface area contributed by atoms with Gasteiger partial charge in [0.05, 0.1) is 7.11 Å². The summed E-state index contributed by atoms with van der Waals surface area (Å²) in [6.45, 7) is -0.00437. The van der Waals surface area contributed by atoms with Crippen LogP contribution in [0.2, 0.25) is 0 Å². The molecule has 0 atom stereocenters. The van der Waals surface area contributed by atoms with Crippen molar-refractivity contribution in [1.82, 2.24) is 4.98 Å². The maximum Gasteiger partial charge on any atom is 0.360 e. The Labute approximate surface area is 143 Å². The quantitative estimate of drug-likeness (QED) is 0.436. The van der Waals surface area contributed by atoms with Crippen molar-refractivity contribution in [2.45, 2.75) is 13.0 Å². The fourth-order valence-electron chi connectivity index (χ4n) is 2.05. The van der Waals surface area contributed by atoms with E-state index in [4.69, 9.17) is 14.3 Å². The summed E-state index contributed by atoms with van der Waals surface area (Å²) in [5.74, 6) is -0.622. The third kappa shape index (κ3) is 4.72. The highest BCUT2D eigenvalue weighted by atomic mass is 19.3. The maximum atomic E-state index is 12.7. The molecular weight excluding hydrogens is 334 g/mol. The number of ether oxygens (including phenoxy) is 2. The van der Waals surface area contributed by atoms with Gasteiger partial charge in [0.25, 0.3) is 6.43 Å². The van der Waals surface area contributed by atoms with Gasteiger partial charge in [0.2, 0.25) is 5.88 Å². The number of methoxy groups -OCH3 is 1. The molecule has 25 heavy (non-hydrogen) atoms. The summed E-state index contributed by atoms with van der Waals surface area (Å²) < 4.78 is 35.6. The average molecular weight is 350 g/mol. The van der Waals surface area contributed by atoms with E-state index in [0.717, 1.165) is 0 Å². The lowest BCUT2D eigenvalue weighted by Crippen LogP contribution is -2.19. The van der Waals surface area contributed by atoms with Gasteiger partial charge in [-0.1, -0.05) is 35.5 Å². The van der Waals surface area contributed by atoms with E-state index in [1.807, 2.05) is 0 Å². The lowest BCUT2D eigenvalue weighted by molar-refractivity contribution is -0.132. The van der Waals surface area contributed by atoms with Crippen LogP contribution in [0.5, 0.6) is 5.88 Å². The van der Waals surface area contributed by atoms with Gasteiger partial charge < -0.3 is 14.3 Å². The smallest absolute Gasteiger partial charge is 0.360 e. The van der Waals surface area contributed by atoms with E-state index in [9.17, 15) is 13.6 Å². The van der Waals surface area contributed by atoms with E-state index in [0.29, 0.717) is 11.1 Å². The molecule has 0 aliphatic carbocycles. The number of hydrogen-bond donors (Lipinski definition) is 0. The highest BCUT2D eigenvalue weighted by Gasteiger charge is 2.19. The molecule has 6 nitrogen and oxygen atoms in total. The van der Waals surface area contributed by atoms with E-state index < -0.39 is 12.4 Å². The number of oxime groups is 1. The van der Waals surface area contributed by atoms with Crippen LogP contribution in [0.15, 0.2) is 47.6 Å². The Morgan fingerprint density at radius 3 is 2.60 bits per heavy atom. The Kier molecular flexibility index (Phi) is 6.39. The molecule has 0 amide bonds. The minimum absolute atomic E-state index is 0.00437. The van der Waals surface area contributed by atoms with Crippen LogP contribution in [0.4, 0.5) is 8.78 Å². The van der Waals surface area contributed by atoms with E-state index in [-0.39, 0.29) is 23.9 Å². The van der Waals surface area contributed by atoms with E-state index in [1.165, 1.54) is 32.4 Å². The summed E-state index contributed by atoms with van der Waals surface area (Å²) in [5, 5.41) is 3.69. The number of aromatic nitrogens is 1. The summed E-state index contributed by atoms with van der Waals surface area (Å²) in [6.07, 6.45) is -2.68. The number of alkyl halides is 2. The Morgan fingerprint density at radius 2 is 1.92 bits per heavy atom. The number of esters is 1. The van der Waals surface area contributed by atoms with E-state index in [1.54, 1.807) is 24.3 Å². The van der Waals surface area contributed by atoms with Crippen LogP contribution in [0.25, 0.3) is 0 Å². The second-order valence-electron chi connectivity index (χ2n) is 4.76. The van der Waals surface area contributed by atoms with Gasteiger partial charge in [-0.25, -0.2) is 18.6 Å². The van der Waals surface area contributed by atoms with Gasteiger partial charge in [-0.15, -0.1) is 0 Å². The van der Waals surface area contributed by atoms with Crippen molar-refractivity contribution in [3.63, 3.8) is 0 Å². The van der Waals surface area contributed by atoms with Crippen LogP contribution in [0, 0.1) is 0 Å². The fraction of sp³-hybridized carbons (Fsp3) is 0.235. The second-order valence-corrected chi connectivity index (χ2v) is 4.76. The number of carbonyl (C=O) groups is 1. The molecule has 8 heteroatoms. The molecule has 0 saturated carbocycles. The molecule has 0 unspecified atom stereocenters. The molecule has 2 aromatic rings. The summed E-state index contributed by atoms with van der Waals surface area (Å²) in [5.41, 5.74) is 0.634. The van der Waals surface area contributed by atoms with Crippen molar-refractivity contribution in [1.29, 1.82) is 0 Å². The molecule has 132 valence electrons. The number of benzene rings is 1.